The first kappa shape index (κ1) is 22.2. The molecule has 0 radical (unpaired) electrons. The van der Waals surface area contributed by atoms with E-state index in [1.165, 1.54) is 0 Å². The van der Waals surface area contributed by atoms with Gasteiger partial charge in [-0.05, 0) is 24.4 Å². The van der Waals surface area contributed by atoms with Crippen LogP contribution >= 0.6 is 0 Å². The number of carbonyl (C=O) groups is 2. The van der Waals surface area contributed by atoms with Gasteiger partial charge in [-0.25, -0.2) is 10.1 Å². The van der Waals surface area contributed by atoms with Crippen molar-refractivity contribution in [2.24, 2.45) is 5.41 Å². The van der Waals surface area contributed by atoms with Gasteiger partial charge in [0.2, 0.25) is 5.91 Å². The van der Waals surface area contributed by atoms with Gasteiger partial charge in [0, 0.05) is 38.2 Å². The van der Waals surface area contributed by atoms with Gasteiger partial charge >= 0.3 is 6.03 Å². The quantitative estimate of drug-likeness (QED) is 0.641. The number of nitrogens with one attached hydrogen (secondary N) is 2. The number of primary amides is 1. The van der Waals surface area contributed by atoms with E-state index in [0.717, 1.165) is 42.9 Å². The van der Waals surface area contributed by atoms with E-state index in [0.29, 0.717) is 18.7 Å². The number of nitrogens with two attached hydrogens (primary N) is 1. The van der Waals surface area contributed by atoms with Crippen molar-refractivity contribution in [1.82, 2.24) is 15.1 Å². The maximum Gasteiger partial charge on any atom is 0.418 e. The van der Waals surface area contributed by atoms with Crippen LogP contribution in [0.25, 0.3) is 0 Å². The van der Waals surface area contributed by atoms with Crippen molar-refractivity contribution in [2.75, 3.05) is 33.2 Å². The number of amides is 3. The molecule has 0 spiro atoms. The lowest BCUT2D eigenvalue weighted by atomic mass is 9.85. The van der Waals surface area contributed by atoms with Crippen LogP contribution in [0.1, 0.15) is 39.2 Å². The molecule has 0 aliphatic carbocycles. The van der Waals surface area contributed by atoms with Crippen LogP contribution in [0.3, 0.4) is 0 Å². The maximum absolute atomic E-state index is 12.9. The fourth-order valence-electron chi connectivity index (χ4n) is 3.80. The Balaban J connectivity index is 1.78. The van der Waals surface area contributed by atoms with E-state index in [4.69, 9.17) is 5.41 Å². The Morgan fingerprint density at radius 3 is 2.37 bits per heavy atom. The van der Waals surface area contributed by atoms with Gasteiger partial charge in [0.05, 0.1) is 5.71 Å². The number of carbonyl (C=O) groups excluding carboxylic acids is 2. The van der Waals surface area contributed by atoms with Crippen molar-refractivity contribution in [3.63, 3.8) is 0 Å². The van der Waals surface area contributed by atoms with Crippen LogP contribution in [0.5, 0.6) is 0 Å². The number of nitrogens with zero attached hydrogens (tertiary/aromatic N) is 2. The molecule has 2 aliphatic rings. The Morgan fingerprint density at radius 2 is 1.80 bits per heavy atom. The second kappa shape index (κ2) is 9.10. The Labute approximate surface area is 179 Å². The molecule has 2 heterocycles. The molecule has 7 nitrogen and oxygen atoms in total. The highest BCUT2D eigenvalue weighted by Gasteiger charge is 2.38. The third-order valence-corrected chi connectivity index (χ3v) is 5.82. The molecule has 162 valence electrons. The SMILES string of the molecule is CN1CCC([NH2+]C(=O)N[C@H](C(=O)N2CCC2)C(C)(C)C)=C(C(=N)c2ccccc2)C1. The van der Waals surface area contributed by atoms with Crippen LogP contribution in [0.15, 0.2) is 41.6 Å². The van der Waals surface area contributed by atoms with Crippen LogP contribution < -0.4 is 10.6 Å². The predicted octanol–water partition coefficient (Wildman–Crippen LogP) is 1.56. The summed E-state index contributed by atoms with van der Waals surface area (Å²) in [4.78, 5) is 29.7. The minimum atomic E-state index is -0.564. The molecule has 0 bridgehead atoms. The summed E-state index contributed by atoms with van der Waals surface area (Å²) < 4.78 is 0. The molecule has 0 aromatic heterocycles. The molecule has 1 fully saturated rings. The van der Waals surface area contributed by atoms with Crippen molar-refractivity contribution in [1.29, 1.82) is 5.41 Å². The molecular weight excluding hydrogens is 378 g/mol. The Bertz CT molecular complexity index is 837. The van der Waals surface area contributed by atoms with E-state index in [1.807, 2.05) is 63.1 Å². The Hall–Kier alpha value is -2.51. The van der Waals surface area contributed by atoms with E-state index in [-0.39, 0.29) is 17.4 Å². The molecule has 1 aromatic rings. The number of likely N-dealkylation sites (tertiary alicyclic amines) is 1. The summed E-state index contributed by atoms with van der Waals surface area (Å²) in [6, 6.07) is 8.78. The molecule has 4 N–H and O–H groups in total. The lowest BCUT2D eigenvalue weighted by Gasteiger charge is -2.38. The first-order valence-corrected chi connectivity index (χ1v) is 10.7. The molecule has 0 unspecified atom stereocenters. The second-order valence-corrected chi connectivity index (χ2v) is 9.36. The summed E-state index contributed by atoms with van der Waals surface area (Å²) in [7, 11) is 2.02. The van der Waals surface area contributed by atoms with Gasteiger partial charge < -0.3 is 9.80 Å². The van der Waals surface area contributed by atoms with Gasteiger partial charge in [0.15, 0.2) is 0 Å². The smallest absolute Gasteiger partial charge is 0.341 e. The topological polar surface area (TPSA) is 93.1 Å². The summed E-state index contributed by atoms with van der Waals surface area (Å²) in [5.41, 5.74) is 2.66. The van der Waals surface area contributed by atoms with Crippen molar-refractivity contribution < 1.29 is 14.9 Å². The lowest BCUT2D eigenvalue weighted by molar-refractivity contribution is -0.507. The van der Waals surface area contributed by atoms with Gasteiger partial charge in [-0.2, -0.15) is 0 Å². The number of likely N-dealkylation sites (N-methyl/N-ethyl adjacent to an activating group) is 1. The summed E-state index contributed by atoms with van der Waals surface area (Å²) in [6.45, 7) is 8.91. The van der Waals surface area contributed by atoms with E-state index in [1.54, 1.807) is 5.32 Å². The minimum absolute atomic E-state index is 0.00916. The molecule has 30 heavy (non-hydrogen) atoms. The second-order valence-electron chi connectivity index (χ2n) is 9.36. The third kappa shape index (κ3) is 5.15. The number of benzene rings is 1. The van der Waals surface area contributed by atoms with E-state index < -0.39 is 6.04 Å². The number of quaternary nitrogens is 1. The first-order chi connectivity index (χ1) is 14.2. The van der Waals surface area contributed by atoms with Gasteiger partial charge in [0.25, 0.3) is 0 Å². The molecule has 7 heteroatoms. The van der Waals surface area contributed by atoms with Gasteiger partial charge in [-0.1, -0.05) is 51.1 Å². The molecule has 1 aromatic carbocycles. The largest absolute Gasteiger partial charge is 0.418 e. The zero-order chi connectivity index (χ0) is 21.9. The number of urea groups is 1. The average molecular weight is 413 g/mol. The van der Waals surface area contributed by atoms with Crippen LogP contribution in [0, 0.1) is 10.8 Å². The van der Waals surface area contributed by atoms with Crippen molar-refractivity contribution in [3.05, 3.63) is 47.2 Å². The van der Waals surface area contributed by atoms with Crippen LogP contribution in [0.2, 0.25) is 0 Å². The van der Waals surface area contributed by atoms with Crippen LogP contribution in [0.4, 0.5) is 4.79 Å². The standard InChI is InChI=1S/C23H33N5O2/c1-23(2,3)20(21(29)28-12-8-13-28)26-22(30)25-18-11-14-27(4)15-17(18)19(24)16-9-6-5-7-10-16/h5-7,9-10,20,24H,8,11-15H2,1-4H3,(H2,25,26,30)/p+1/t20-/m1/s1. The van der Waals surface area contributed by atoms with Crippen LogP contribution in [-0.2, 0) is 4.79 Å². The maximum atomic E-state index is 12.9. The normalized spacial score (nSPS) is 18.6. The highest BCUT2D eigenvalue weighted by atomic mass is 16.2. The Kier molecular flexibility index (Phi) is 6.73. The molecular formula is C23H34N5O2+. The van der Waals surface area contributed by atoms with Crippen molar-refractivity contribution in [3.8, 4) is 0 Å². The van der Waals surface area contributed by atoms with Crippen molar-refractivity contribution in [2.45, 2.75) is 39.7 Å². The average Bonchev–Trinajstić information content (AvgIpc) is 2.65. The number of hydrogen-bond acceptors (Lipinski definition) is 4. The number of hydrogen-bond donors (Lipinski definition) is 3. The minimum Gasteiger partial charge on any atom is -0.341 e. The van der Waals surface area contributed by atoms with Crippen molar-refractivity contribution >= 4 is 17.6 Å². The molecule has 1 atom stereocenters. The monoisotopic (exact) mass is 412 g/mol. The zero-order valence-electron chi connectivity index (χ0n) is 18.5. The first-order valence-electron chi connectivity index (χ1n) is 10.7. The van der Waals surface area contributed by atoms with E-state index >= 15 is 0 Å². The fraction of sp³-hybridized carbons (Fsp3) is 0.522. The van der Waals surface area contributed by atoms with Gasteiger partial charge in [-0.3, -0.25) is 15.5 Å². The van der Waals surface area contributed by atoms with E-state index in [2.05, 4.69) is 10.2 Å². The molecule has 3 amide bonds. The Morgan fingerprint density at radius 1 is 1.13 bits per heavy atom. The summed E-state index contributed by atoms with van der Waals surface area (Å²) in [5, 5.41) is 13.2. The zero-order valence-corrected chi connectivity index (χ0v) is 18.5. The summed E-state index contributed by atoms with van der Waals surface area (Å²) >= 11 is 0. The third-order valence-electron chi connectivity index (χ3n) is 5.82. The molecule has 1 saturated heterocycles. The number of rotatable bonds is 5. The van der Waals surface area contributed by atoms with Crippen LogP contribution in [-0.4, -0.2) is 66.7 Å². The highest BCUT2D eigenvalue weighted by molar-refractivity contribution is 6.11. The molecule has 2 aliphatic heterocycles. The molecule has 3 rings (SSSR count). The summed E-state index contributed by atoms with van der Waals surface area (Å²) in [5.74, 6) is -0.00916. The van der Waals surface area contributed by atoms with Gasteiger partial charge in [0.1, 0.15) is 11.7 Å². The fourth-order valence-corrected chi connectivity index (χ4v) is 3.80. The molecule has 0 saturated carbocycles. The van der Waals surface area contributed by atoms with Gasteiger partial charge in [-0.15, -0.1) is 0 Å². The predicted molar refractivity (Wildman–Crippen MR) is 117 cm³/mol. The van der Waals surface area contributed by atoms with E-state index in [9.17, 15) is 9.59 Å². The lowest BCUT2D eigenvalue weighted by Crippen LogP contribution is -2.90. The summed E-state index contributed by atoms with van der Waals surface area (Å²) in [6.07, 6.45) is 1.72. The highest BCUT2D eigenvalue weighted by Crippen LogP contribution is 2.23.